The first-order valence-corrected chi connectivity index (χ1v) is 7.62. The Labute approximate surface area is 127 Å². The SMILES string of the molecule is COCCN(CC1CCCN1)C(=O)c1cncc(Br)c1. The molecule has 5 nitrogen and oxygen atoms in total. The van der Waals surface area contributed by atoms with Crippen molar-refractivity contribution in [3.8, 4) is 0 Å². The van der Waals surface area contributed by atoms with E-state index in [0.29, 0.717) is 31.3 Å². The van der Waals surface area contributed by atoms with Crippen molar-refractivity contribution >= 4 is 21.8 Å². The summed E-state index contributed by atoms with van der Waals surface area (Å²) in [4.78, 5) is 18.5. The van der Waals surface area contributed by atoms with Gasteiger partial charge in [0.05, 0.1) is 12.2 Å². The molecule has 1 aromatic heterocycles. The topological polar surface area (TPSA) is 54.5 Å². The largest absolute Gasteiger partial charge is 0.383 e. The first-order chi connectivity index (χ1) is 9.70. The van der Waals surface area contributed by atoms with E-state index in [1.165, 1.54) is 6.42 Å². The van der Waals surface area contributed by atoms with E-state index in [2.05, 4.69) is 26.2 Å². The van der Waals surface area contributed by atoms with E-state index in [0.717, 1.165) is 17.4 Å². The van der Waals surface area contributed by atoms with Crippen LogP contribution in [0, 0.1) is 0 Å². The monoisotopic (exact) mass is 341 g/mol. The van der Waals surface area contributed by atoms with Crippen molar-refractivity contribution in [3.63, 3.8) is 0 Å². The molecule has 0 aliphatic carbocycles. The van der Waals surface area contributed by atoms with Crippen LogP contribution in [0.2, 0.25) is 0 Å². The molecule has 6 heteroatoms. The molecule has 0 radical (unpaired) electrons. The third-order valence-corrected chi connectivity index (χ3v) is 3.84. The highest BCUT2D eigenvalue weighted by Gasteiger charge is 2.22. The Kier molecular flexibility index (Phi) is 5.94. The smallest absolute Gasteiger partial charge is 0.255 e. The third-order valence-electron chi connectivity index (χ3n) is 3.41. The molecule has 1 unspecified atom stereocenters. The van der Waals surface area contributed by atoms with Crippen molar-refractivity contribution < 1.29 is 9.53 Å². The zero-order chi connectivity index (χ0) is 14.4. The Morgan fingerprint density at radius 3 is 3.10 bits per heavy atom. The molecule has 2 rings (SSSR count). The number of pyridine rings is 1. The first-order valence-electron chi connectivity index (χ1n) is 6.83. The van der Waals surface area contributed by atoms with Crippen molar-refractivity contribution in [1.82, 2.24) is 15.2 Å². The summed E-state index contributed by atoms with van der Waals surface area (Å²) >= 11 is 3.35. The molecule has 1 aliphatic rings. The summed E-state index contributed by atoms with van der Waals surface area (Å²) in [6.07, 6.45) is 5.58. The van der Waals surface area contributed by atoms with Gasteiger partial charge in [-0.1, -0.05) is 0 Å². The van der Waals surface area contributed by atoms with Gasteiger partial charge in [-0.3, -0.25) is 9.78 Å². The molecule has 1 aromatic rings. The van der Waals surface area contributed by atoms with Crippen LogP contribution >= 0.6 is 15.9 Å². The van der Waals surface area contributed by atoms with Crippen LogP contribution in [0.1, 0.15) is 23.2 Å². The minimum atomic E-state index is 0.00421. The molecule has 20 heavy (non-hydrogen) atoms. The Morgan fingerprint density at radius 2 is 2.45 bits per heavy atom. The fourth-order valence-corrected chi connectivity index (χ4v) is 2.73. The number of rotatable bonds is 6. The van der Waals surface area contributed by atoms with Crippen molar-refractivity contribution in [3.05, 3.63) is 28.5 Å². The molecule has 1 saturated heterocycles. The van der Waals surface area contributed by atoms with E-state index in [9.17, 15) is 4.79 Å². The van der Waals surface area contributed by atoms with E-state index in [4.69, 9.17) is 4.74 Å². The molecule has 2 heterocycles. The highest BCUT2D eigenvalue weighted by molar-refractivity contribution is 9.10. The first kappa shape index (κ1) is 15.4. The summed E-state index contributed by atoms with van der Waals surface area (Å²) in [5, 5.41) is 3.42. The lowest BCUT2D eigenvalue weighted by atomic mass is 10.2. The van der Waals surface area contributed by atoms with E-state index < -0.39 is 0 Å². The van der Waals surface area contributed by atoms with Gasteiger partial charge in [0, 0.05) is 43.1 Å². The maximum absolute atomic E-state index is 12.6. The van der Waals surface area contributed by atoms with Crippen molar-refractivity contribution in [2.45, 2.75) is 18.9 Å². The van der Waals surface area contributed by atoms with E-state index in [1.54, 1.807) is 25.6 Å². The lowest BCUT2D eigenvalue weighted by molar-refractivity contribution is 0.0679. The fourth-order valence-electron chi connectivity index (χ4n) is 2.37. The molecule has 1 amide bonds. The highest BCUT2D eigenvalue weighted by Crippen LogP contribution is 2.13. The van der Waals surface area contributed by atoms with Crippen molar-refractivity contribution in [2.24, 2.45) is 0 Å². The number of nitrogens with zero attached hydrogens (tertiary/aromatic N) is 2. The number of hydrogen-bond acceptors (Lipinski definition) is 4. The van der Waals surface area contributed by atoms with Crippen LogP contribution in [-0.2, 0) is 4.74 Å². The number of methoxy groups -OCH3 is 1. The van der Waals surface area contributed by atoms with E-state index >= 15 is 0 Å². The average molecular weight is 342 g/mol. The van der Waals surface area contributed by atoms with Crippen LogP contribution in [0.15, 0.2) is 22.9 Å². The minimum Gasteiger partial charge on any atom is -0.383 e. The Balaban J connectivity index is 2.05. The third kappa shape index (κ3) is 4.26. The molecule has 0 spiro atoms. The molecular weight excluding hydrogens is 322 g/mol. The second-order valence-electron chi connectivity index (χ2n) is 4.93. The van der Waals surface area contributed by atoms with E-state index in [-0.39, 0.29) is 5.91 Å². The van der Waals surface area contributed by atoms with Gasteiger partial charge in [0.1, 0.15) is 0 Å². The van der Waals surface area contributed by atoms with Crippen molar-refractivity contribution in [1.29, 1.82) is 0 Å². The lowest BCUT2D eigenvalue weighted by Crippen LogP contribution is -2.42. The molecule has 1 atom stereocenters. The second-order valence-corrected chi connectivity index (χ2v) is 5.84. The van der Waals surface area contributed by atoms with Crippen LogP contribution in [0.4, 0.5) is 0 Å². The maximum Gasteiger partial charge on any atom is 0.255 e. The fraction of sp³-hybridized carbons (Fsp3) is 0.571. The standard InChI is InChI=1S/C14H20BrN3O2/c1-20-6-5-18(10-13-3-2-4-17-13)14(19)11-7-12(15)9-16-8-11/h7-9,13,17H,2-6,10H2,1H3. The number of carbonyl (C=O) groups excluding carboxylic acids is 1. The Morgan fingerprint density at radius 1 is 1.60 bits per heavy atom. The number of carbonyl (C=O) groups is 1. The molecule has 1 aliphatic heterocycles. The number of halogens is 1. The average Bonchev–Trinajstić information content (AvgIpc) is 2.95. The molecule has 0 bridgehead atoms. The van der Waals surface area contributed by atoms with Gasteiger partial charge in [-0.2, -0.15) is 0 Å². The van der Waals surface area contributed by atoms with Gasteiger partial charge >= 0.3 is 0 Å². The predicted molar refractivity (Wildman–Crippen MR) is 80.7 cm³/mol. The zero-order valence-corrected chi connectivity index (χ0v) is 13.2. The highest BCUT2D eigenvalue weighted by atomic mass is 79.9. The predicted octanol–water partition coefficient (Wildman–Crippen LogP) is 1.68. The quantitative estimate of drug-likeness (QED) is 0.855. The Hall–Kier alpha value is -0.980. The van der Waals surface area contributed by atoms with Gasteiger partial charge in [0.15, 0.2) is 0 Å². The van der Waals surface area contributed by atoms with Gasteiger partial charge in [-0.15, -0.1) is 0 Å². The normalized spacial score (nSPS) is 18.2. The zero-order valence-electron chi connectivity index (χ0n) is 11.6. The second kappa shape index (κ2) is 7.71. The summed E-state index contributed by atoms with van der Waals surface area (Å²) in [6, 6.07) is 2.19. The number of amides is 1. The summed E-state index contributed by atoms with van der Waals surface area (Å²) in [7, 11) is 1.65. The molecule has 1 N–H and O–H groups in total. The van der Waals surface area contributed by atoms with E-state index in [1.807, 2.05) is 4.90 Å². The molecule has 1 fully saturated rings. The van der Waals surface area contributed by atoms with Crippen molar-refractivity contribution in [2.75, 3.05) is 33.4 Å². The summed E-state index contributed by atoms with van der Waals surface area (Å²) in [5.74, 6) is 0.00421. The van der Waals surface area contributed by atoms with Gasteiger partial charge < -0.3 is 15.0 Å². The maximum atomic E-state index is 12.6. The molecule has 0 saturated carbocycles. The van der Waals surface area contributed by atoms with Gasteiger partial charge in [-0.05, 0) is 41.4 Å². The molecule has 0 aromatic carbocycles. The van der Waals surface area contributed by atoms with Gasteiger partial charge in [-0.25, -0.2) is 0 Å². The number of ether oxygens (including phenoxy) is 1. The van der Waals surface area contributed by atoms with Crippen LogP contribution in [0.5, 0.6) is 0 Å². The van der Waals surface area contributed by atoms with Gasteiger partial charge in [0.25, 0.3) is 5.91 Å². The van der Waals surface area contributed by atoms with Crippen LogP contribution < -0.4 is 5.32 Å². The van der Waals surface area contributed by atoms with Gasteiger partial charge in [0.2, 0.25) is 0 Å². The number of aromatic nitrogens is 1. The summed E-state index contributed by atoms with van der Waals surface area (Å²) in [5.41, 5.74) is 0.605. The number of nitrogens with one attached hydrogen (secondary N) is 1. The summed E-state index contributed by atoms with van der Waals surface area (Å²) in [6.45, 7) is 2.89. The van der Waals surface area contributed by atoms with Crippen LogP contribution in [0.25, 0.3) is 0 Å². The minimum absolute atomic E-state index is 0.00421. The Bertz CT molecular complexity index is 450. The molecule has 110 valence electrons. The van der Waals surface area contributed by atoms with Crippen LogP contribution in [-0.4, -0.2) is 55.2 Å². The lowest BCUT2D eigenvalue weighted by Gasteiger charge is -2.25. The number of hydrogen-bond donors (Lipinski definition) is 1. The van der Waals surface area contributed by atoms with Crippen LogP contribution in [0.3, 0.4) is 0 Å². The molecular formula is C14H20BrN3O2. The summed E-state index contributed by atoms with van der Waals surface area (Å²) < 4.78 is 5.92.